The van der Waals surface area contributed by atoms with Gasteiger partial charge in [0.15, 0.2) is 0 Å². The highest BCUT2D eigenvalue weighted by Crippen LogP contribution is 2.44. The highest BCUT2D eigenvalue weighted by molar-refractivity contribution is 5.71. The molecule has 27 heavy (non-hydrogen) atoms. The number of nitrogens with zero attached hydrogens (tertiary/aromatic N) is 3. The molecule has 1 radical (unpaired) electrons. The first-order valence-corrected chi connectivity index (χ1v) is 8.24. The SMILES string of the molecule is [CH2]CCc1nc(C)nc2c1CCN2c1ccc(C(F)(F)F)cc1C(F)(F)F. The zero-order valence-electron chi connectivity index (χ0n) is 14.4. The maximum absolute atomic E-state index is 13.5. The Morgan fingerprint density at radius 1 is 1.07 bits per heavy atom. The zero-order valence-corrected chi connectivity index (χ0v) is 14.4. The lowest BCUT2D eigenvalue weighted by Crippen LogP contribution is -2.21. The molecule has 0 fully saturated rings. The van der Waals surface area contributed by atoms with Crippen molar-refractivity contribution in [3.8, 4) is 0 Å². The molecule has 1 aliphatic rings. The smallest absolute Gasteiger partial charge is 0.325 e. The van der Waals surface area contributed by atoms with Crippen LogP contribution in [0.2, 0.25) is 0 Å². The van der Waals surface area contributed by atoms with Crippen molar-refractivity contribution < 1.29 is 26.3 Å². The van der Waals surface area contributed by atoms with Gasteiger partial charge in [0.1, 0.15) is 11.6 Å². The predicted molar refractivity (Wildman–Crippen MR) is 87.6 cm³/mol. The number of aryl methyl sites for hydroxylation is 2. The summed E-state index contributed by atoms with van der Waals surface area (Å²) in [5, 5.41) is 0. The monoisotopic (exact) mass is 388 g/mol. The fraction of sp³-hybridized carbons (Fsp3) is 0.389. The van der Waals surface area contributed by atoms with Crippen LogP contribution in [0.3, 0.4) is 0 Å². The van der Waals surface area contributed by atoms with E-state index < -0.39 is 23.5 Å². The van der Waals surface area contributed by atoms with E-state index in [2.05, 4.69) is 16.9 Å². The average molecular weight is 388 g/mol. The van der Waals surface area contributed by atoms with Gasteiger partial charge in [-0.15, -0.1) is 0 Å². The summed E-state index contributed by atoms with van der Waals surface area (Å²) in [6, 6.07) is 1.67. The molecule has 0 aliphatic carbocycles. The van der Waals surface area contributed by atoms with Gasteiger partial charge in [-0.3, -0.25) is 0 Å². The van der Waals surface area contributed by atoms with Gasteiger partial charge in [-0.2, -0.15) is 26.3 Å². The number of benzene rings is 1. The number of alkyl halides is 6. The van der Waals surface area contributed by atoms with Gasteiger partial charge in [-0.1, -0.05) is 6.92 Å². The van der Waals surface area contributed by atoms with Gasteiger partial charge >= 0.3 is 12.4 Å². The third-order valence-electron chi connectivity index (χ3n) is 4.36. The quantitative estimate of drug-likeness (QED) is 0.670. The number of rotatable bonds is 3. The molecule has 0 bridgehead atoms. The molecule has 3 nitrogen and oxygen atoms in total. The van der Waals surface area contributed by atoms with Gasteiger partial charge < -0.3 is 4.90 Å². The van der Waals surface area contributed by atoms with Crippen molar-refractivity contribution in [1.29, 1.82) is 0 Å². The van der Waals surface area contributed by atoms with Crippen LogP contribution in [0.4, 0.5) is 37.8 Å². The van der Waals surface area contributed by atoms with E-state index in [0.717, 1.165) is 17.3 Å². The summed E-state index contributed by atoms with van der Waals surface area (Å²) >= 11 is 0. The Labute approximate surface area is 152 Å². The zero-order chi connectivity index (χ0) is 20.0. The second-order valence-corrected chi connectivity index (χ2v) is 6.25. The van der Waals surface area contributed by atoms with Crippen molar-refractivity contribution in [1.82, 2.24) is 9.97 Å². The van der Waals surface area contributed by atoms with Crippen molar-refractivity contribution in [2.24, 2.45) is 0 Å². The summed E-state index contributed by atoms with van der Waals surface area (Å²) in [6.45, 7) is 5.58. The fourth-order valence-electron chi connectivity index (χ4n) is 3.23. The number of hydrogen-bond acceptors (Lipinski definition) is 3. The Hall–Kier alpha value is -2.32. The van der Waals surface area contributed by atoms with Gasteiger partial charge in [-0.25, -0.2) is 9.97 Å². The first-order chi connectivity index (χ1) is 12.5. The van der Waals surface area contributed by atoms with E-state index in [4.69, 9.17) is 0 Å². The number of fused-ring (bicyclic) bond motifs is 1. The molecule has 1 aromatic heterocycles. The number of anilines is 2. The summed E-state index contributed by atoms with van der Waals surface area (Å²) in [4.78, 5) is 9.90. The molecule has 0 saturated heterocycles. The Balaban J connectivity index is 2.15. The van der Waals surface area contributed by atoms with Gasteiger partial charge in [-0.05, 0) is 44.4 Å². The number of halogens is 6. The normalized spacial score (nSPS) is 14.6. The Morgan fingerprint density at radius 3 is 2.37 bits per heavy atom. The lowest BCUT2D eigenvalue weighted by atomic mass is 10.1. The average Bonchev–Trinajstić information content (AvgIpc) is 2.96. The van der Waals surface area contributed by atoms with Crippen LogP contribution >= 0.6 is 0 Å². The highest BCUT2D eigenvalue weighted by Gasteiger charge is 2.40. The predicted octanol–water partition coefficient (Wildman–Crippen LogP) is 5.28. The molecular formula is C18H16F6N3. The summed E-state index contributed by atoms with van der Waals surface area (Å²) in [5.74, 6) is 0.709. The summed E-state index contributed by atoms with van der Waals surface area (Å²) in [5.41, 5.74) is -1.57. The highest BCUT2D eigenvalue weighted by atomic mass is 19.4. The van der Waals surface area contributed by atoms with Crippen molar-refractivity contribution in [2.75, 3.05) is 11.4 Å². The third kappa shape index (κ3) is 3.72. The van der Waals surface area contributed by atoms with E-state index in [0.29, 0.717) is 37.0 Å². The van der Waals surface area contributed by atoms with Gasteiger partial charge in [0.2, 0.25) is 0 Å². The van der Waals surface area contributed by atoms with E-state index in [-0.39, 0.29) is 18.3 Å². The van der Waals surface area contributed by atoms with Crippen molar-refractivity contribution in [3.63, 3.8) is 0 Å². The second kappa shape index (κ2) is 6.69. The molecule has 0 amide bonds. The second-order valence-electron chi connectivity index (χ2n) is 6.25. The molecule has 9 heteroatoms. The van der Waals surface area contributed by atoms with Crippen LogP contribution in [0.25, 0.3) is 0 Å². The van der Waals surface area contributed by atoms with Crippen molar-refractivity contribution in [3.05, 3.63) is 53.3 Å². The van der Waals surface area contributed by atoms with Gasteiger partial charge in [0.25, 0.3) is 0 Å². The van der Waals surface area contributed by atoms with Crippen LogP contribution in [0.5, 0.6) is 0 Å². The number of aromatic nitrogens is 2. The van der Waals surface area contributed by atoms with E-state index in [9.17, 15) is 26.3 Å². The van der Waals surface area contributed by atoms with E-state index in [1.54, 1.807) is 6.92 Å². The van der Waals surface area contributed by atoms with Crippen LogP contribution in [0.15, 0.2) is 18.2 Å². The maximum Gasteiger partial charge on any atom is 0.418 e. The van der Waals surface area contributed by atoms with Crippen molar-refractivity contribution in [2.45, 2.75) is 38.5 Å². The van der Waals surface area contributed by atoms with Crippen LogP contribution in [0.1, 0.15) is 34.6 Å². The molecule has 2 aromatic rings. The standard InChI is InChI=1S/C18H16F6N3/c1-3-4-14-12-7-8-27(16(12)26-10(2)25-14)15-6-5-11(17(19,20)21)9-13(15)18(22,23)24/h5-6,9H,1,3-4,7-8H2,2H3. The minimum Gasteiger partial charge on any atom is -0.325 e. The Kier molecular flexibility index (Phi) is 4.81. The molecule has 2 heterocycles. The maximum atomic E-state index is 13.5. The molecule has 0 atom stereocenters. The van der Waals surface area contributed by atoms with Crippen LogP contribution in [-0.2, 0) is 25.2 Å². The largest absolute Gasteiger partial charge is 0.418 e. The molecule has 0 unspecified atom stereocenters. The molecule has 0 spiro atoms. The summed E-state index contributed by atoms with van der Waals surface area (Å²) < 4.78 is 79.1. The lowest BCUT2D eigenvalue weighted by molar-refractivity contribution is -0.142. The first-order valence-electron chi connectivity index (χ1n) is 8.24. The first kappa shape index (κ1) is 19.4. The Morgan fingerprint density at radius 2 is 1.78 bits per heavy atom. The number of hydrogen-bond donors (Lipinski definition) is 0. The fourth-order valence-corrected chi connectivity index (χ4v) is 3.23. The minimum atomic E-state index is -4.93. The van der Waals surface area contributed by atoms with E-state index in [1.807, 2.05) is 0 Å². The molecule has 145 valence electrons. The molecule has 0 saturated carbocycles. The van der Waals surface area contributed by atoms with Crippen LogP contribution in [0, 0.1) is 13.8 Å². The molecule has 1 aromatic carbocycles. The summed E-state index contributed by atoms with van der Waals surface area (Å²) in [6.07, 6.45) is -8.25. The van der Waals surface area contributed by atoms with Crippen LogP contribution in [-0.4, -0.2) is 16.5 Å². The molecule has 1 aliphatic heterocycles. The summed E-state index contributed by atoms with van der Waals surface area (Å²) in [7, 11) is 0. The molecule has 0 N–H and O–H groups in total. The van der Waals surface area contributed by atoms with Crippen molar-refractivity contribution >= 4 is 11.5 Å². The van der Waals surface area contributed by atoms with Crippen LogP contribution < -0.4 is 4.90 Å². The van der Waals surface area contributed by atoms with Gasteiger partial charge in [0, 0.05) is 17.8 Å². The molecule has 3 rings (SSSR count). The Bertz CT molecular complexity index is 857. The van der Waals surface area contributed by atoms with E-state index >= 15 is 0 Å². The third-order valence-corrected chi connectivity index (χ3v) is 4.36. The van der Waals surface area contributed by atoms with Gasteiger partial charge in [0.05, 0.1) is 16.8 Å². The minimum absolute atomic E-state index is 0.151. The van der Waals surface area contributed by atoms with E-state index in [1.165, 1.54) is 4.90 Å². The topological polar surface area (TPSA) is 29.0 Å². The molecular weight excluding hydrogens is 372 g/mol. The lowest BCUT2D eigenvalue weighted by Gasteiger charge is -2.24.